The highest BCUT2D eigenvalue weighted by Crippen LogP contribution is 2.30. The Morgan fingerprint density at radius 3 is 1.94 bits per heavy atom. The van der Waals surface area contributed by atoms with Crippen LogP contribution in [0.1, 0.15) is 73.3 Å². The van der Waals surface area contributed by atoms with E-state index in [9.17, 15) is 4.79 Å². The Balaban J connectivity index is 2.86. The number of carbonyl (C=O) groups is 1. The molecular weight excluding hydrogens is 412 g/mol. The number of allylic oxidation sites excluding steroid dienone is 5. The number of hydrogen-bond acceptors (Lipinski definition) is 6. The Morgan fingerprint density at radius 2 is 1.36 bits per heavy atom. The van der Waals surface area contributed by atoms with E-state index in [1.807, 2.05) is 85.7 Å². The normalized spacial score (nSPS) is 25.7. The summed E-state index contributed by atoms with van der Waals surface area (Å²) >= 11 is 0. The SMILES string of the molecule is COC(=O)C(C1=C(\C)N/C(C)=C(/C)N=C(C)CC(C)=N\C(C)=C(C)/N=C\1C)c1ccccc1. The fourth-order valence-electron chi connectivity index (χ4n) is 3.90. The van der Waals surface area contributed by atoms with Gasteiger partial charge in [0, 0.05) is 40.5 Å². The van der Waals surface area contributed by atoms with Gasteiger partial charge in [-0.1, -0.05) is 30.3 Å². The summed E-state index contributed by atoms with van der Waals surface area (Å²) in [5.74, 6) is -0.968. The number of benzene rings is 1. The zero-order valence-electron chi connectivity index (χ0n) is 21.3. The van der Waals surface area contributed by atoms with Crippen molar-refractivity contribution in [1.29, 1.82) is 0 Å². The molecular formula is C27H36N4O2. The molecule has 0 saturated heterocycles. The summed E-state index contributed by atoms with van der Waals surface area (Å²) < 4.78 is 5.23. The molecule has 33 heavy (non-hydrogen) atoms. The number of aliphatic imine (C=N–C) groups is 3. The molecule has 1 aliphatic heterocycles. The monoisotopic (exact) mass is 448 g/mol. The lowest BCUT2D eigenvalue weighted by Gasteiger charge is -2.23. The van der Waals surface area contributed by atoms with E-state index in [1.165, 1.54) is 7.11 Å². The molecule has 6 heteroatoms. The van der Waals surface area contributed by atoms with Crippen molar-refractivity contribution >= 4 is 23.1 Å². The zero-order valence-corrected chi connectivity index (χ0v) is 21.3. The van der Waals surface area contributed by atoms with Crippen LogP contribution in [0.25, 0.3) is 0 Å². The molecule has 0 aromatic heterocycles. The number of nitrogens with zero attached hydrogens (tertiary/aromatic N) is 3. The van der Waals surface area contributed by atoms with Crippen LogP contribution in [0.3, 0.4) is 0 Å². The Morgan fingerprint density at radius 1 is 0.818 bits per heavy atom. The van der Waals surface area contributed by atoms with Crippen LogP contribution in [0, 0.1) is 0 Å². The molecule has 1 aromatic carbocycles. The molecule has 1 aromatic rings. The largest absolute Gasteiger partial charge is 0.468 e. The van der Waals surface area contributed by atoms with Gasteiger partial charge in [-0.25, -0.2) is 0 Å². The van der Waals surface area contributed by atoms with E-state index >= 15 is 0 Å². The molecule has 0 bridgehead atoms. The molecule has 1 unspecified atom stereocenters. The molecule has 1 N–H and O–H groups in total. The van der Waals surface area contributed by atoms with Crippen molar-refractivity contribution in [1.82, 2.24) is 5.32 Å². The smallest absolute Gasteiger partial charge is 0.317 e. The first-order chi connectivity index (χ1) is 15.5. The van der Waals surface area contributed by atoms with E-state index in [2.05, 4.69) is 5.32 Å². The first-order valence-electron chi connectivity index (χ1n) is 11.1. The van der Waals surface area contributed by atoms with Gasteiger partial charge in [0.15, 0.2) is 0 Å². The highest BCUT2D eigenvalue weighted by atomic mass is 16.5. The fourth-order valence-corrected chi connectivity index (χ4v) is 3.90. The lowest BCUT2D eigenvalue weighted by Crippen LogP contribution is -2.25. The van der Waals surface area contributed by atoms with Gasteiger partial charge in [-0.3, -0.25) is 19.8 Å². The van der Waals surface area contributed by atoms with Crippen molar-refractivity contribution in [2.24, 2.45) is 15.0 Å². The number of rotatable bonds is 3. The van der Waals surface area contributed by atoms with Gasteiger partial charge in [0.25, 0.3) is 0 Å². The van der Waals surface area contributed by atoms with Gasteiger partial charge >= 0.3 is 5.97 Å². The van der Waals surface area contributed by atoms with E-state index in [4.69, 9.17) is 19.7 Å². The minimum atomic E-state index is -0.628. The number of esters is 1. The van der Waals surface area contributed by atoms with Crippen molar-refractivity contribution in [3.63, 3.8) is 0 Å². The molecule has 1 aliphatic rings. The highest BCUT2D eigenvalue weighted by molar-refractivity contribution is 6.06. The quantitative estimate of drug-likeness (QED) is 0.568. The standard InChI is InChI=1S/C27H36N4O2/c1-16-15-17(2)29-19(4)21(6)31-23(8)25(22(7)30-20(5)18(3)28-16)26(27(32)33-9)24-13-11-10-12-14-24/h10-14,26,30H,15H2,1-9H3/b20-18-,21-19-,25-22+,28-16?,29-17?,31-23-. The molecule has 0 radical (unpaired) electrons. The Bertz CT molecular complexity index is 1090. The third-order valence-electron chi connectivity index (χ3n) is 5.66. The van der Waals surface area contributed by atoms with Crippen LogP contribution < -0.4 is 5.32 Å². The Hall–Kier alpha value is -3.28. The Labute approximate surface area is 198 Å². The predicted molar refractivity (Wildman–Crippen MR) is 138 cm³/mol. The summed E-state index contributed by atoms with van der Waals surface area (Å²) in [7, 11) is 1.41. The van der Waals surface area contributed by atoms with Gasteiger partial charge in [0.2, 0.25) is 0 Å². The van der Waals surface area contributed by atoms with Gasteiger partial charge in [-0.05, 0) is 61.0 Å². The minimum absolute atomic E-state index is 0.340. The van der Waals surface area contributed by atoms with Crippen LogP contribution in [0.15, 0.2) is 79.4 Å². The number of ether oxygens (including phenoxy) is 1. The summed E-state index contributed by atoms with van der Waals surface area (Å²) in [5, 5.41) is 3.47. The maximum atomic E-state index is 13.0. The molecule has 176 valence electrons. The number of hydrogen-bond donors (Lipinski definition) is 1. The molecule has 0 fully saturated rings. The summed E-state index contributed by atoms with van der Waals surface area (Å²) in [4.78, 5) is 27.4. The van der Waals surface area contributed by atoms with E-state index < -0.39 is 5.92 Å². The molecule has 0 amide bonds. The van der Waals surface area contributed by atoms with Crippen LogP contribution in [0.4, 0.5) is 0 Å². The van der Waals surface area contributed by atoms with Crippen LogP contribution in [-0.4, -0.2) is 30.2 Å². The number of nitrogens with one attached hydrogen (secondary N) is 1. The maximum Gasteiger partial charge on any atom is 0.317 e. The molecule has 6 nitrogen and oxygen atoms in total. The second kappa shape index (κ2) is 11.5. The third-order valence-corrected chi connectivity index (χ3v) is 5.66. The number of carbonyl (C=O) groups excluding carboxylic acids is 1. The van der Waals surface area contributed by atoms with Crippen LogP contribution in [0.5, 0.6) is 0 Å². The average molecular weight is 449 g/mol. The molecule has 0 saturated carbocycles. The van der Waals surface area contributed by atoms with E-state index in [1.54, 1.807) is 0 Å². The van der Waals surface area contributed by atoms with Crippen molar-refractivity contribution in [2.75, 3.05) is 7.11 Å². The topological polar surface area (TPSA) is 75.4 Å². The average Bonchev–Trinajstić information content (AvgIpc) is 2.76. The molecule has 1 heterocycles. The highest BCUT2D eigenvalue weighted by Gasteiger charge is 2.29. The fraction of sp³-hybridized carbons (Fsp3) is 0.407. The summed E-state index contributed by atoms with van der Waals surface area (Å²) in [6.07, 6.45) is 0.691. The first kappa shape index (κ1) is 26.0. The predicted octanol–water partition coefficient (Wildman–Crippen LogP) is 6.10. The van der Waals surface area contributed by atoms with Gasteiger partial charge in [-0.15, -0.1) is 0 Å². The van der Waals surface area contributed by atoms with Gasteiger partial charge in [-0.2, -0.15) is 0 Å². The van der Waals surface area contributed by atoms with Gasteiger partial charge in [0.1, 0.15) is 5.92 Å². The van der Waals surface area contributed by atoms with Crippen LogP contribution in [-0.2, 0) is 9.53 Å². The summed E-state index contributed by atoms with van der Waals surface area (Å²) in [6, 6.07) is 9.64. The van der Waals surface area contributed by atoms with Crippen molar-refractivity contribution in [3.05, 3.63) is 70.0 Å². The maximum absolute atomic E-state index is 13.0. The molecule has 0 spiro atoms. The summed E-state index contributed by atoms with van der Waals surface area (Å²) in [5.41, 5.74) is 8.53. The molecule has 1 atom stereocenters. The van der Waals surface area contributed by atoms with Gasteiger partial charge < -0.3 is 10.1 Å². The lowest BCUT2D eigenvalue weighted by molar-refractivity contribution is -0.141. The first-order valence-corrected chi connectivity index (χ1v) is 11.1. The van der Waals surface area contributed by atoms with E-state index in [0.29, 0.717) is 6.42 Å². The van der Waals surface area contributed by atoms with Crippen LogP contribution in [0.2, 0.25) is 0 Å². The Kier molecular flexibility index (Phi) is 9.09. The molecule has 0 aliphatic carbocycles. The van der Waals surface area contributed by atoms with E-state index in [0.717, 1.165) is 56.8 Å². The van der Waals surface area contributed by atoms with Crippen molar-refractivity contribution in [3.8, 4) is 0 Å². The minimum Gasteiger partial charge on any atom is -0.468 e. The van der Waals surface area contributed by atoms with E-state index in [-0.39, 0.29) is 5.97 Å². The lowest BCUT2D eigenvalue weighted by atomic mass is 9.87. The zero-order chi connectivity index (χ0) is 24.7. The summed E-state index contributed by atoms with van der Waals surface area (Å²) in [6.45, 7) is 15.7. The van der Waals surface area contributed by atoms with Gasteiger partial charge in [0.05, 0.1) is 24.2 Å². The second-order valence-corrected chi connectivity index (χ2v) is 8.48. The third kappa shape index (κ3) is 6.85. The van der Waals surface area contributed by atoms with Crippen molar-refractivity contribution < 1.29 is 9.53 Å². The molecule has 2 rings (SSSR count). The van der Waals surface area contributed by atoms with Crippen molar-refractivity contribution in [2.45, 2.75) is 67.7 Å². The second-order valence-electron chi connectivity index (χ2n) is 8.48. The van der Waals surface area contributed by atoms with Crippen LogP contribution >= 0.6 is 0 Å². The number of methoxy groups -OCH3 is 1.